The number of benzene rings is 1. The highest BCUT2D eigenvalue weighted by molar-refractivity contribution is 6.01. The number of rotatable bonds is 4. The molecule has 1 saturated carbocycles. The highest BCUT2D eigenvalue weighted by Gasteiger charge is 2.25. The van der Waals surface area contributed by atoms with Crippen LogP contribution in [0.3, 0.4) is 0 Å². The van der Waals surface area contributed by atoms with Gasteiger partial charge in [-0.3, -0.25) is 9.20 Å². The summed E-state index contributed by atoms with van der Waals surface area (Å²) in [5.41, 5.74) is 3.68. The van der Waals surface area contributed by atoms with E-state index >= 15 is 0 Å². The van der Waals surface area contributed by atoms with E-state index in [0.29, 0.717) is 18.2 Å². The molecule has 1 aliphatic carbocycles. The number of aromatic nitrogens is 4. The van der Waals surface area contributed by atoms with Crippen LogP contribution in [0.5, 0.6) is 5.75 Å². The van der Waals surface area contributed by atoms with Crippen molar-refractivity contribution in [3.63, 3.8) is 0 Å². The van der Waals surface area contributed by atoms with Gasteiger partial charge in [0.2, 0.25) is 0 Å². The summed E-state index contributed by atoms with van der Waals surface area (Å²) in [6.45, 7) is 3.94. The number of aryl methyl sites for hydroxylation is 1. The molecule has 1 aliphatic rings. The van der Waals surface area contributed by atoms with Gasteiger partial charge in [0, 0.05) is 25.1 Å². The van der Waals surface area contributed by atoms with Crippen molar-refractivity contribution in [3.05, 3.63) is 36.3 Å². The van der Waals surface area contributed by atoms with Gasteiger partial charge >= 0.3 is 5.97 Å². The number of fused-ring (bicyclic) bond motifs is 5. The van der Waals surface area contributed by atoms with Crippen molar-refractivity contribution >= 4 is 33.7 Å². The van der Waals surface area contributed by atoms with E-state index in [2.05, 4.69) is 22.0 Å². The van der Waals surface area contributed by atoms with Crippen LogP contribution in [-0.2, 0) is 11.2 Å². The molecule has 3 heterocycles. The number of carbonyl (C=O) groups is 1. The molecule has 6 nitrogen and oxygen atoms in total. The number of nitrogens with zero attached hydrogens (tertiary/aromatic N) is 4. The average Bonchev–Trinajstić information content (AvgIpc) is 3.19. The zero-order valence-electron chi connectivity index (χ0n) is 17.7. The van der Waals surface area contributed by atoms with Crippen molar-refractivity contribution in [2.24, 2.45) is 0 Å². The molecule has 0 atom stereocenters. The van der Waals surface area contributed by atoms with Crippen LogP contribution in [0.1, 0.15) is 70.7 Å². The Labute approximate surface area is 175 Å². The SMILES string of the molecule is CCC(=O)Oc1cn(C2CCCCCC2)c2nc(CC)n3c4ccccc4nc3c12. The number of hydrogen-bond acceptors (Lipinski definition) is 4. The predicted molar refractivity (Wildman–Crippen MR) is 118 cm³/mol. The molecule has 4 aromatic rings. The van der Waals surface area contributed by atoms with Gasteiger partial charge in [0.15, 0.2) is 11.4 Å². The maximum Gasteiger partial charge on any atom is 0.310 e. The zero-order valence-corrected chi connectivity index (χ0v) is 17.7. The monoisotopic (exact) mass is 404 g/mol. The molecular weight excluding hydrogens is 376 g/mol. The summed E-state index contributed by atoms with van der Waals surface area (Å²) in [6.07, 6.45) is 10.4. The second-order valence-corrected chi connectivity index (χ2v) is 8.21. The number of imidazole rings is 1. The minimum Gasteiger partial charge on any atom is -0.424 e. The highest BCUT2D eigenvalue weighted by atomic mass is 16.5. The van der Waals surface area contributed by atoms with E-state index in [-0.39, 0.29) is 5.97 Å². The quantitative estimate of drug-likeness (QED) is 0.328. The first-order valence-electron chi connectivity index (χ1n) is 11.2. The number of ether oxygens (including phenoxy) is 1. The van der Waals surface area contributed by atoms with Gasteiger partial charge in [-0.15, -0.1) is 0 Å². The summed E-state index contributed by atoms with van der Waals surface area (Å²) >= 11 is 0. The Balaban J connectivity index is 1.83. The second-order valence-electron chi connectivity index (χ2n) is 8.21. The van der Waals surface area contributed by atoms with Crippen molar-refractivity contribution in [1.82, 2.24) is 18.9 Å². The average molecular weight is 405 g/mol. The van der Waals surface area contributed by atoms with Crippen molar-refractivity contribution in [2.75, 3.05) is 0 Å². The van der Waals surface area contributed by atoms with Crippen LogP contribution >= 0.6 is 0 Å². The summed E-state index contributed by atoms with van der Waals surface area (Å²) in [4.78, 5) is 22.3. The smallest absolute Gasteiger partial charge is 0.310 e. The van der Waals surface area contributed by atoms with E-state index in [4.69, 9.17) is 14.7 Å². The third-order valence-electron chi connectivity index (χ3n) is 6.30. The van der Waals surface area contributed by atoms with Crippen molar-refractivity contribution in [3.8, 4) is 5.75 Å². The fourth-order valence-electron chi connectivity index (χ4n) is 4.77. The molecule has 0 unspecified atom stereocenters. The summed E-state index contributed by atoms with van der Waals surface area (Å²) in [6, 6.07) is 8.50. The summed E-state index contributed by atoms with van der Waals surface area (Å²) in [7, 11) is 0. The van der Waals surface area contributed by atoms with Crippen LogP contribution in [0, 0.1) is 0 Å². The van der Waals surface area contributed by atoms with Gasteiger partial charge in [0.05, 0.1) is 11.0 Å². The van der Waals surface area contributed by atoms with Gasteiger partial charge in [-0.25, -0.2) is 9.97 Å². The Morgan fingerprint density at radius 1 is 1.07 bits per heavy atom. The van der Waals surface area contributed by atoms with Crippen LogP contribution in [0.2, 0.25) is 0 Å². The summed E-state index contributed by atoms with van der Waals surface area (Å²) in [5, 5.41) is 0.842. The zero-order chi connectivity index (χ0) is 20.7. The summed E-state index contributed by atoms with van der Waals surface area (Å²) in [5.74, 6) is 1.33. The number of para-hydroxylation sites is 2. The molecule has 1 aromatic carbocycles. The minimum absolute atomic E-state index is 0.233. The standard InChI is InChI=1S/C24H28N4O2/c1-3-20-26-23-22(24-25-17-13-9-10-14-18(17)28(20)24)19(30-21(29)4-2)15-27(23)16-11-7-5-6-8-12-16/h9-10,13-16H,3-8,11-12H2,1-2H3. The van der Waals surface area contributed by atoms with E-state index in [0.717, 1.165) is 52.8 Å². The third-order valence-corrected chi connectivity index (χ3v) is 6.30. The van der Waals surface area contributed by atoms with Gasteiger partial charge in [0.25, 0.3) is 0 Å². The molecule has 0 amide bonds. The second kappa shape index (κ2) is 7.74. The van der Waals surface area contributed by atoms with E-state index in [9.17, 15) is 4.79 Å². The predicted octanol–water partition coefficient (Wildman–Crippen LogP) is 5.61. The van der Waals surface area contributed by atoms with E-state index in [1.165, 1.54) is 25.7 Å². The van der Waals surface area contributed by atoms with Crippen molar-refractivity contribution in [1.29, 1.82) is 0 Å². The number of esters is 1. The van der Waals surface area contributed by atoms with Crippen LogP contribution in [0.4, 0.5) is 0 Å². The van der Waals surface area contributed by atoms with Crippen molar-refractivity contribution < 1.29 is 9.53 Å². The lowest BCUT2D eigenvalue weighted by Crippen LogP contribution is -2.09. The molecule has 0 radical (unpaired) electrons. The lowest BCUT2D eigenvalue weighted by molar-refractivity contribution is -0.133. The van der Waals surface area contributed by atoms with Crippen LogP contribution in [0.25, 0.3) is 27.7 Å². The van der Waals surface area contributed by atoms with Crippen LogP contribution in [0.15, 0.2) is 30.5 Å². The molecule has 0 bridgehead atoms. The molecule has 0 aliphatic heterocycles. The lowest BCUT2D eigenvalue weighted by Gasteiger charge is -2.17. The maximum atomic E-state index is 12.2. The topological polar surface area (TPSA) is 61.4 Å². The first kappa shape index (κ1) is 19.1. The minimum atomic E-state index is -0.233. The fraction of sp³-hybridized carbons (Fsp3) is 0.458. The van der Waals surface area contributed by atoms with Crippen LogP contribution in [-0.4, -0.2) is 24.9 Å². The molecule has 1 fully saturated rings. The molecule has 0 N–H and O–H groups in total. The van der Waals surface area contributed by atoms with Gasteiger partial charge in [0.1, 0.15) is 16.9 Å². The van der Waals surface area contributed by atoms with E-state index in [1.54, 1.807) is 0 Å². The lowest BCUT2D eigenvalue weighted by atomic mass is 10.1. The number of carbonyl (C=O) groups excluding carboxylic acids is 1. The number of hydrogen-bond donors (Lipinski definition) is 0. The maximum absolute atomic E-state index is 12.2. The Morgan fingerprint density at radius 3 is 2.57 bits per heavy atom. The fourth-order valence-corrected chi connectivity index (χ4v) is 4.77. The molecular formula is C24H28N4O2. The highest BCUT2D eigenvalue weighted by Crippen LogP contribution is 2.38. The molecule has 6 heteroatoms. The largest absolute Gasteiger partial charge is 0.424 e. The Hall–Kier alpha value is -2.89. The van der Waals surface area contributed by atoms with Crippen molar-refractivity contribution in [2.45, 2.75) is 71.3 Å². The Bertz CT molecular complexity index is 1230. The normalized spacial score (nSPS) is 15.8. The molecule has 30 heavy (non-hydrogen) atoms. The molecule has 3 aromatic heterocycles. The third kappa shape index (κ3) is 3.06. The van der Waals surface area contributed by atoms with Crippen LogP contribution < -0.4 is 4.74 Å². The van der Waals surface area contributed by atoms with Gasteiger partial charge in [-0.1, -0.05) is 51.7 Å². The molecule has 156 valence electrons. The van der Waals surface area contributed by atoms with Gasteiger partial charge < -0.3 is 9.30 Å². The van der Waals surface area contributed by atoms with Gasteiger partial charge in [-0.2, -0.15) is 0 Å². The molecule has 5 rings (SSSR count). The first-order valence-corrected chi connectivity index (χ1v) is 11.2. The molecule has 0 saturated heterocycles. The Morgan fingerprint density at radius 2 is 1.83 bits per heavy atom. The van der Waals surface area contributed by atoms with Gasteiger partial charge in [-0.05, 0) is 25.0 Å². The first-order chi connectivity index (χ1) is 14.7. The Kier molecular flexibility index (Phi) is 4.93. The van der Waals surface area contributed by atoms with E-state index in [1.807, 2.05) is 31.3 Å². The summed E-state index contributed by atoms with van der Waals surface area (Å²) < 4.78 is 10.2. The van der Waals surface area contributed by atoms with E-state index < -0.39 is 0 Å². The molecule has 0 spiro atoms.